The van der Waals surface area contributed by atoms with Crippen molar-refractivity contribution >= 4 is 29.2 Å². The number of piperazine rings is 1. The number of ether oxygens (including phenoxy) is 1. The molecule has 1 saturated heterocycles. The maximum absolute atomic E-state index is 12.6. The van der Waals surface area contributed by atoms with Crippen molar-refractivity contribution in [2.45, 2.75) is 6.92 Å². The lowest BCUT2D eigenvalue weighted by Gasteiger charge is -2.35. The van der Waals surface area contributed by atoms with Crippen molar-refractivity contribution in [2.24, 2.45) is 12.0 Å². The maximum atomic E-state index is 12.6. The molecule has 0 aliphatic carbocycles. The highest BCUT2D eigenvalue weighted by Gasteiger charge is 2.27. The number of nitrogens with zero attached hydrogens (tertiary/aromatic N) is 6. The van der Waals surface area contributed by atoms with Gasteiger partial charge in [0.1, 0.15) is 18.2 Å². The zero-order chi connectivity index (χ0) is 19.9. The van der Waals surface area contributed by atoms with Gasteiger partial charge in [-0.1, -0.05) is 11.6 Å². The van der Waals surface area contributed by atoms with Crippen LogP contribution in [0.3, 0.4) is 0 Å². The summed E-state index contributed by atoms with van der Waals surface area (Å²) in [5, 5.41) is 7.84. The van der Waals surface area contributed by atoms with E-state index in [0.29, 0.717) is 49.6 Å². The number of carbonyl (C=O) groups is 1. The summed E-state index contributed by atoms with van der Waals surface area (Å²) in [5.74, 6) is 1.10. The van der Waals surface area contributed by atoms with Crippen LogP contribution in [-0.2, 0) is 11.8 Å². The first-order valence-corrected chi connectivity index (χ1v) is 9.52. The molecule has 28 heavy (non-hydrogen) atoms. The third kappa shape index (κ3) is 4.92. The number of nitrogens with one attached hydrogen (secondary N) is 1. The number of rotatable bonds is 6. The van der Waals surface area contributed by atoms with Gasteiger partial charge in [-0.3, -0.25) is 9.48 Å². The molecule has 2 aromatic rings. The van der Waals surface area contributed by atoms with Crippen molar-refractivity contribution in [3.8, 4) is 5.88 Å². The predicted molar refractivity (Wildman–Crippen MR) is 108 cm³/mol. The molecule has 1 amide bonds. The lowest BCUT2D eigenvalue weighted by atomic mass is 10.3. The normalized spacial score (nSPS) is 15.1. The summed E-state index contributed by atoms with van der Waals surface area (Å²) in [6.45, 7) is 4.99. The Balaban J connectivity index is 1.57. The van der Waals surface area contributed by atoms with Crippen LogP contribution in [0.4, 0.5) is 5.69 Å². The van der Waals surface area contributed by atoms with Gasteiger partial charge in [-0.05, 0) is 19.1 Å². The number of guanidine groups is 1. The SMILES string of the molecule is CCNC(=NCCOc1ncccc1Cl)N1CCN(c2cnn(C)c2)C(=O)C1. The van der Waals surface area contributed by atoms with E-state index in [9.17, 15) is 4.79 Å². The Kier molecular flexibility index (Phi) is 6.70. The molecule has 10 heteroatoms. The number of pyridine rings is 1. The van der Waals surface area contributed by atoms with Crippen LogP contribution in [0.1, 0.15) is 6.92 Å². The molecular weight excluding hydrogens is 382 g/mol. The average Bonchev–Trinajstić information content (AvgIpc) is 3.11. The summed E-state index contributed by atoms with van der Waals surface area (Å²) < 4.78 is 7.26. The summed E-state index contributed by atoms with van der Waals surface area (Å²) in [7, 11) is 1.83. The number of carbonyl (C=O) groups excluding carboxylic acids is 1. The minimum Gasteiger partial charge on any atom is -0.475 e. The van der Waals surface area contributed by atoms with Crippen LogP contribution in [-0.4, -0.2) is 70.9 Å². The number of anilines is 1. The molecule has 0 spiro atoms. The predicted octanol–water partition coefficient (Wildman–Crippen LogP) is 1.16. The Morgan fingerprint density at radius 1 is 1.43 bits per heavy atom. The number of hydrogen-bond donors (Lipinski definition) is 1. The zero-order valence-corrected chi connectivity index (χ0v) is 16.8. The Labute approximate surface area is 169 Å². The Bertz CT molecular complexity index is 839. The summed E-state index contributed by atoms with van der Waals surface area (Å²) >= 11 is 6.03. The molecule has 0 bridgehead atoms. The molecule has 1 fully saturated rings. The molecule has 150 valence electrons. The summed E-state index contributed by atoms with van der Waals surface area (Å²) in [6.07, 6.45) is 5.17. The fourth-order valence-corrected chi connectivity index (χ4v) is 3.05. The topological polar surface area (TPSA) is 87.9 Å². The third-order valence-electron chi connectivity index (χ3n) is 4.17. The molecule has 3 heterocycles. The van der Waals surface area contributed by atoms with E-state index in [2.05, 4.69) is 20.4 Å². The second kappa shape index (κ2) is 9.41. The average molecular weight is 406 g/mol. The quantitative estimate of drug-likeness (QED) is 0.441. The Hall–Kier alpha value is -2.81. The molecule has 3 rings (SSSR count). The molecule has 0 unspecified atom stereocenters. The minimum atomic E-state index is 0.0152. The van der Waals surface area contributed by atoms with Crippen molar-refractivity contribution in [1.29, 1.82) is 0 Å². The van der Waals surface area contributed by atoms with Crippen molar-refractivity contribution in [1.82, 2.24) is 25.0 Å². The standard InChI is InChI=1S/C18H24ClN7O2/c1-3-20-18(22-7-10-28-17-15(19)5-4-6-21-17)25-8-9-26(16(27)13-25)14-11-23-24(2)12-14/h4-6,11-12H,3,7-10,13H2,1-2H3,(H,20,22). The molecule has 1 aliphatic heterocycles. The van der Waals surface area contributed by atoms with E-state index in [0.717, 1.165) is 5.69 Å². The molecular formula is C18H24ClN7O2. The summed E-state index contributed by atoms with van der Waals surface area (Å²) in [6, 6.07) is 3.48. The van der Waals surface area contributed by atoms with Crippen LogP contribution in [0.5, 0.6) is 5.88 Å². The number of hydrogen-bond acceptors (Lipinski definition) is 5. The monoisotopic (exact) mass is 405 g/mol. The highest BCUT2D eigenvalue weighted by Crippen LogP contribution is 2.19. The molecule has 9 nitrogen and oxygen atoms in total. The maximum Gasteiger partial charge on any atom is 0.246 e. The highest BCUT2D eigenvalue weighted by molar-refractivity contribution is 6.31. The van der Waals surface area contributed by atoms with Gasteiger partial charge in [0.15, 0.2) is 5.96 Å². The second-order valence-corrected chi connectivity index (χ2v) is 6.62. The lowest BCUT2D eigenvalue weighted by molar-refractivity contribution is -0.120. The molecule has 0 radical (unpaired) electrons. The summed E-state index contributed by atoms with van der Waals surface area (Å²) in [4.78, 5) is 24.9. The van der Waals surface area contributed by atoms with Crippen molar-refractivity contribution in [2.75, 3.05) is 44.2 Å². The number of aliphatic imine (C=N–C) groups is 1. The van der Waals surface area contributed by atoms with Crippen LogP contribution >= 0.6 is 11.6 Å². The molecule has 2 aromatic heterocycles. The van der Waals surface area contributed by atoms with E-state index in [1.54, 1.807) is 34.1 Å². The first kappa shape index (κ1) is 19.9. The lowest BCUT2D eigenvalue weighted by Crippen LogP contribution is -2.55. The van der Waals surface area contributed by atoms with Crippen LogP contribution in [0.2, 0.25) is 5.02 Å². The number of aromatic nitrogens is 3. The number of amides is 1. The van der Waals surface area contributed by atoms with Crippen LogP contribution in [0.25, 0.3) is 0 Å². The van der Waals surface area contributed by atoms with Gasteiger partial charge in [0.05, 0.1) is 18.4 Å². The second-order valence-electron chi connectivity index (χ2n) is 6.21. The molecule has 0 saturated carbocycles. The molecule has 1 aliphatic rings. The van der Waals surface area contributed by atoms with E-state index < -0.39 is 0 Å². The number of halogens is 1. The Morgan fingerprint density at radius 2 is 2.29 bits per heavy atom. The van der Waals surface area contributed by atoms with E-state index >= 15 is 0 Å². The fourth-order valence-electron chi connectivity index (χ4n) is 2.87. The van der Waals surface area contributed by atoms with E-state index in [1.807, 2.05) is 25.1 Å². The molecule has 0 aromatic carbocycles. The molecule has 1 N–H and O–H groups in total. The van der Waals surface area contributed by atoms with Gasteiger partial charge in [0.25, 0.3) is 0 Å². The van der Waals surface area contributed by atoms with Gasteiger partial charge in [-0.15, -0.1) is 0 Å². The number of aryl methyl sites for hydroxylation is 1. The fraction of sp³-hybridized carbons (Fsp3) is 0.444. The van der Waals surface area contributed by atoms with Gasteiger partial charge in [0.2, 0.25) is 11.8 Å². The van der Waals surface area contributed by atoms with Gasteiger partial charge in [0, 0.05) is 39.1 Å². The zero-order valence-electron chi connectivity index (χ0n) is 16.0. The smallest absolute Gasteiger partial charge is 0.246 e. The van der Waals surface area contributed by atoms with Gasteiger partial charge >= 0.3 is 0 Å². The van der Waals surface area contributed by atoms with Gasteiger partial charge in [-0.25, -0.2) is 9.98 Å². The van der Waals surface area contributed by atoms with E-state index in [4.69, 9.17) is 16.3 Å². The third-order valence-corrected chi connectivity index (χ3v) is 4.46. The van der Waals surface area contributed by atoms with E-state index in [1.165, 1.54) is 0 Å². The first-order chi connectivity index (χ1) is 13.6. The minimum absolute atomic E-state index is 0.0152. The van der Waals surface area contributed by atoms with Crippen LogP contribution in [0.15, 0.2) is 35.7 Å². The van der Waals surface area contributed by atoms with Gasteiger partial charge < -0.3 is 19.9 Å². The van der Waals surface area contributed by atoms with Gasteiger partial charge in [-0.2, -0.15) is 5.10 Å². The van der Waals surface area contributed by atoms with Crippen molar-refractivity contribution in [3.05, 3.63) is 35.7 Å². The van der Waals surface area contributed by atoms with Crippen LogP contribution in [0, 0.1) is 0 Å². The van der Waals surface area contributed by atoms with Crippen molar-refractivity contribution < 1.29 is 9.53 Å². The van der Waals surface area contributed by atoms with Crippen LogP contribution < -0.4 is 15.0 Å². The van der Waals surface area contributed by atoms with Crippen molar-refractivity contribution in [3.63, 3.8) is 0 Å². The molecule has 0 atom stereocenters. The van der Waals surface area contributed by atoms with E-state index in [-0.39, 0.29) is 12.5 Å². The summed E-state index contributed by atoms with van der Waals surface area (Å²) in [5.41, 5.74) is 0.815. The first-order valence-electron chi connectivity index (χ1n) is 9.14. The Morgan fingerprint density at radius 3 is 2.96 bits per heavy atom. The highest BCUT2D eigenvalue weighted by atomic mass is 35.5. The largest absolute Gasteiger partial charge is 0.475 e.